The summed E-state index contributed by atoms with van der Waals surface area (Å²) in [5.74, 6) is 1.82. The minimum absolute atomic E-state index is 0.171. The number of para-hydroxylation sites is 2. The van der Waals surface area contributed by atoms with E-state index in [0.29, 0.717) is 6.42 Å². The van der Waals surface area contributed by atoms with Gasteiger partial charge in [0.2, 0.25) is 0 Å². The summed E-state index contributed by atoms with van der Waals surface area (Å²) in [5, 5.41) is 9.06. The molecule has 3 rings (SSSR count). The van der Waals surface area contributed by atoms with E-state index in [9.17, 15) is 0 Å². The van der Waals surface area contributed by atoms with Crippen molar-refractivity contribution in [3.63, 3.8) is 0 Å². The van der Waals surface area contributed by atoms with Gasteiger partial charge in [0.05, 0.1) is 11.0 Å². The number of imidazole rings is 1. The third-order valence-electron chi connectivity index (χ3n) is 3.32. The van der Waals surface area contributed by atoms with Gasteiger partial charge in [-0.2, -0.15) is 0 Å². The Balaban J connectivity index is 2.20. The van der Waals surface area contributed by atoms with Gasteiger partial charge in [-0.1, -0.05) is 12.1 Å². The second-order valence-corrected chi connectivity index (χ2v) is 4.87. The lowest BCUT2D eigenvalue weighted by Crippen LogP contribution is -2.04. The molecule has 0 spiro atoms. The average Bonchev–Trinajstić information content (AvgIpc) is 2.83. The Morgan fingerprint density at radius 1 is 1.20 bits per heavy atom. The number of hydrogen-bond acceptors (Lipinski definition) is 3. The summed E-state index contributed by atoms with van der Waals surface area (Å²) in [6.45, 7) is 2.22. The van der Waals surface area contributed by atoms with E-state index in [1.165, 1.54) is 5.56 Å². The van der Waals surface area contributed by atoms with Crippen LogP contribution in [0.2, 0.25) is 0 Å². The number of aryl methyl sites for hydroxylation is 2. The third kappa shape index (κ3) is 2.30. The molecule has 0 bridgehead atoms. The number of benzene rings is 1. The van der Waals surface area contributed by atoms with E-state index >= 15 is 0 Å². The Hall–Kier alpha value is -2.20. The molecule has 0 aliphatic heterocycles. The normalized spacial score (nSPS) is 11.1. The van der Waals surface area contributed by atoms with Gasteiger partial charge in [-0.25, -0.2) is 9.97 Å². The molecular formula is C16H17N3O. The molecular weight excluding hydrogens is 250 g/mol. The number of nitrogens with zero attached hydrogens (tertiary/aromatic N) is 3. The number of aliphatic hydroxyl groups is 1. The highest BCUT2D eigenvalue weighted by atomic mass is 16.2. The minimum atomic E-state index is 0.171. The van der Waals surface area contributed by atoms with Gasteiger partial charge in [0.25, 0.3) is 0 Å². The molecule has 0 fully saturated rings. The number of hydrogen-bond donors (Lipinski definition) is 1. The van der Waals surface area contributed by atoms with Crippen LogP contribution < -0.4 is 0 Å². The van der Waals surface area contributed by atoms with Crippen LogP contribution in [0.5, 0.6) is 0 Å². The first-order chi connectivity index (χ1) is 9.79. The van der Waals surface area contributed by atoms with Crippen LogP contribution in [0.3, 0.4) is 0 Å². The Morgan fingerprint density at radius 2 is 2.05 bits per heavy atom. The van der Waals surface area contributed by atoms with E-state index in [-0.39, 0.29) is 6.61 Å². The zero-order valence-electron chi connectivity index (χ0n) is 11.5. The summed E-state index contributed by atoms with van der Waals surface area (Å²) in [6.07, 6.45) is 3.26. The lowest BCUT2D eigenvalue weighted by atomic mass is 10.2. The molecule has 1 aromatic carbocycles. The summed E-state index contributed by atoms with van der Waals surface area (Å²) in [7, 11) is 0. The molecule has 0 saturated heterocycles. The van der Waals surface area contributed by atoms with Crippen molar-refractivity contribution >= 4 is 11.0 Å². The van der Waals surface area contributed by atoms with Gasteiger partial charge in [-0.3, -0.25) is 4.57 Å². The Labute approximate surface area is 117 Å². The van der Waals surface area contributed by atoms with Crippen molar-refractivity contribution in [3.05, 3.63) is 54.0 Å². The Kier molecular flexibility index (Phi) is 3.48. The van der Waals surface area contributed by atoms with E-state index in [0.717, 1.165) is 29.1 Å². The molecule has 20 heavy (non-hydrogen) atoms. The SMILES string of the molecule is Cc1ccnc(-n2c(CCCO)nc3ccccc32)c1. The molecule has 0 unspecified atom stereocenters. The Bertz CT molecular complexity index is 733. The van der Waals surface area contributed by atoms with E-state index in [1.807, 2.05) is 30.5 Å². The molecule has 0 radical (unpaired) electrons. The number of pyridine rings is 1. The summed E-state index contributed by atoms with van der Waals surface area (Å²) >= 11 is 0. The van der Waals surface area contributed by atoms with Crippen molar-refractivity contribution in [2.24, 2.45) is 0 Å². The first-order valence-electron chi connectivity index (χ1n) is 6.80. The van der Waals surface area contributed by atoms with Crippen LogP contribution in [0.4, 0.5) is 0 Å². The van der Waals surface area contributed by atoms with Gasteiger partial charge in [0.15, 0.2) is 0 Å². The zero-order valence-corrected chi connectivity index (χ0v) is 11.5. The maximum Gasteiger partial charge on any atom is 0.138 e. The van der Waals surface area contributed by atoms with Gasteiger partial charge in [0, 0.05) is 19.2 Å². The van der Waals surface area contributed by atoms with Gasteiger partial charge in [-0.05, 0) is 43.2 Å². The molecule has 4 heteroatoms. The highest BCUT2D eigenvalue weighted by Crippen LogP contribution is 2.21. The van der Waals surface area contributed by atoms with Crippen molar-refractivity contribution in [3.8, 4) is 5.82 Å². The third-order valence-corrected chi connectivity index (χ3v) is 3.32. The smallest absolute Gasteiger partial charge is 0.138 e. The van der Waals surface area contributed by atoms with Crippen molar-refractivity contribution in [2.75, 3.05) is 6.61 Å². The maximum atomic E-state index is 9.06. The summed E-state index contributed by atoms with van der Waals surface area (Å²) < 4.78 is 2.08. The standard InChI is InChI=1S/C16H17N3O/c1-12-8-9-17-16(11-12)19-14-6-3-2-5-13(14)18-15(19)7-4-10-20/h2-3,5-6,8-9,11,20H,4,7,10H2,1H3. The molecule has 0 aliphatic carbocycles. The summed E-state index contributed by atoms with van der Waals surface area (Å²) in [5.41, 5.74) is 3.18. The first kappa shape index (κ1) is 12.8. The molecule has 2 aromatic heterocycles. The molecule has 2 heterocycles. The van der Waals surface area contributed by atoms with Crippen molar-refractivity contribution in [2.45, 2.75) is 19.8 Å². The van der Waals surface area contributed by atoms with E-state index in [2.05, 4.69) is 33.6 Å². The largest absolute Gasteiger partial charge is 0.396 e. The summed E-state index contributed by atoms with van der Waals surface area (Å²) in [6, 6.07) is 12.1. The first-order valence-corrected chi connectivity index (χ1v) is 6.80. The van der Waals surface area contributed by atoms with Crippen LogP contribution in [0.15, 0.2) is 42.6 Å². The molecule has 102 valence electrons. The number of rotatable bonds is 4. The predicted octanol–water partition coefficient (Wildman–Crippen LogP) is 2.65. The number of aromatic nitrogens is 3. The average molecular weight is 267 g/mol. The Morgan fingerprint density at radius 3 is 2.85 bits per heavy atom. The fourth-order valence-electron chi connectivity index (χ4n) is 2.38. The van der Waals surface area contributed by atoms with Crippen LogP contribution in [0.1, 0.15) is 17.8 Å². The van der Waals surface area contributed by atoms with Crippen LogP contribution in [0.25, 0.3) is 16.9 Å². The van der Waals surface area contributed by atoms with E-state index in [1.54, 1.807) is 0 Å². The monoisotopic (exact) mass is 267 g/mol. The minimum Gasteiger partial charge on any atom is -0.396 e. The molecule has 3 aromatic rings. The predicted molar refractivity (Wildman–Crippen MR) is 79.0 cm³/mol. The molecule has 0 atom stereocenters. The van der Waals surface area contributed by atoms with Gasteiger partial charge in [0.1, 0.15) is 11.6 Å². The quantitative estimate of drug-likeness (QED) is 0.790. The number of aliphatic hydroxyl groups excluding tert-OH is 1. The summed E-state index contributed by atoms with van der Waals surface area (Å²) in [4.78, 5) is 9.13. The lowest BCUT2D eigenvalue weighted by Gasteiger charge is -2.08. The highest BCUT2D eigenvalue weighted by molar-refractivity contribution is 5.77. The molecule has 1 N–H and O–H groups in total. The second-order valence-electron chi connectivity index (χ2n) is 4.87. The van der Waals surface area contributed by atoms with Gasteiger partial charge in [-0.15, -0.1) is 0 Å². The second kappa shape index (κ2) is 5.43. The van der Waals surface area contributed by atoms with Crippen molar-refractivity contribution in [1.82, 2.24) is 14.5 Å². The fraction of sp³-hybridized carbons (Fsp3) is 0.250. The van der Waals surface area contributed by atoms with Gasteiger partial charge < -0.3 is 5.11 Å². The number of fused-ring (bicyclic) bond motifs is 1. The molecule has 0 aliphatic rings. The van der Waals surface area contributed by atoms with Crippen LogP contribution in [-0.4, -0.2) is 26.2 Å². The van der Waals surface area contributed by atoms with Crippen LogP contribution >= 0.6 is 0 Å². The zero-order chi connectivity index (χ0) is 13.9. The van der Waals surface area contributed by atoms with Crippen molar-refractivity contribution < 1.29 is 5.11 Å². The topological polar surface area (TPSA) is 50.9 Å². The van der Waals surface area contributed by atoms with E-state index < -0.39 is 0 Å². The fourth-order valence-corrected chi connectivity index (χ4v) is 2.38. The van der Waals surface area contributed by atoms with E-state index in [4.69, 9.17) is 5.11 Å². The maximum absolute atomic E-state index is 9.06. The highest BCUT2D eigenvalue weighted by Gasteiger charge is 2.12. The molecule has 0 saturated carbocycles. The molecule has 0 amide bonds. The van der Waals surface area contributed by atoms with Crippen LogP contribution in [-0.2, 0) is 6.42 Å². The molecule has 4 nitrogen and oxygen atoms in total. The van der Waals surface area contributed by atoms with Crippen molar-refractivity contribution in [1.29, 1.82) is 0 Å². The van der Waals surface area contributed by atoms with Crippen LogP contribution in [0, 0.1) is 6.92 Å². The lowest BCUT2D eigenvalue weighted by molar-refractivity contribution is 0.287. The van der Waals surface area contributed by atoms with Gasteiger partial charge >= 0.3 is 0 Å².